The summed E-state index contributed by atoms with van der Waals surface area (Å²) in [5, 5.41) is 12.5. The maximum absolute atomic E-state index is 12.3. The van der Waals surface area contributed by atoms with Crippen LogP contribution >= 0.6 is 11.3 Å². The summed E-state index contributed by atoms with van der Waals surface area (Å²) in [7, 11) is 1.65. The Morgan fingerprint density at radius 3 is 2.64 bits per heavy atom. The third kappa shape index (κ3) is 3.11. The first-order valence-electron chi connectivity index (χ1n) is 7.36. The fourth-order valence-electron chi connectivity index (χ4n) is 2.42. The number of carbonyl (C=O) groups excluding carboxylic acids is 1. The van der Waals surface area contributed by atoms with Crippen molar-refractivity contribution in [1.29, 1.82) is 0 Å². The molecule has 3 rings (SSSR count). The van der Waals surface area contributed by atoms with Gasteiger partial charge in [0.2, 0.25) is 11.0 Å². The average Bonchev–Trinajstić information content (AvgIpc) is 3.19. The van der Waals surface area contributed by atoms with Gasteiger partial charge in [-0.25, -0.2) is 0 Å². The summed E-state index contributed by atoms with van der Waals surface area (Å²) < 4.78 is 5.15. The molecule has 1 N–H and O–H groups in total. The predicted octanol–water partition coefficient (Wildman–Crippen LogP) is 3.41. The second-order valence-electron chi connectivity index (χ2n) is 5.81. The van der Waals surface area contributed by atoms with Crippen molar-refractivity contribution in [3.63, 3.8) is 0 Å². The van der Waals surface area contributed by atoms with Crippen LogP contribution in [0.4, 0.5) is 5.13 Å². The van der Waals surface area contributed by atoms with E-state index in [1.165, 1.54) is 16.9 Å². The van der Waals surface area contributed by atoms with E-state index in [2.05, 4.69) is 29.4 Å². The van der Waals surface area contributed by atoms with Gasteiger partial charge in [-0.05, 0) is 30.0 Å². The maximum Gasteiger partial charge on any atom is 0.229 e. The van der Waals surface area contributed by atoms with Gasteiger partial charge >= 0.3 is 0 Å². The van der Waals surface area contributed by atoms with E-state index in [1.54, 1.807) is 7.11 Å². The van der Waals surface area contributed by atoms with E-state index in [-0.39, 0.29) is 11.8 Å². The van der Waals surface area contributed by atoms with E-state index >= 15 is 0 Å². The van der Waals surface area contributed by atoms with E-state index in [9.17, 15) is 4.79 Å². The zero-order chi connectivity index (χ0) is 15.7. The highest BCUT2D eigenvalue weighted by atomic mass is 32.1. The van der Waals surface area contributed by atoms with Crippen molar-refractivity contribution in [3.8, 4) is 5.75 Å². The molecule has 0 radical (unpaired) electrons. The Kier molecular flexibility index (Phi) is 4.11. The number of methoxy groups -OCH3 is 1. The first kappa shape index (κ1) is 15.0. The Labute approximate surface area is 133 Å². The molecular weight excluding hydrogens is 298 g/mol. The number of hydrogen-bond acceptors (Lipinski definition) is 5. The molecule has 1 aromatic heterocycles. The summed E-state index contributed by atoms with van der Waals surface area (Å²) in [6, 6.07) is 7.92. The molecule has 2 aromatic rings. The van der Waals surface area contributed by atoms with E-state index in [0.29, 0.717) is 17.0 Å². The SMILES string of the molecule is COc1ccc(C2CC2C(=O)Nc2nnc(C(C)C)s2)cc1. The number of amides is 1. The van der Waals surface area contributed by atoms with Gasteiger partial charge in [-0.15, -0.1) is 10.2 Å². The molecule has 0 aliphatic heterocycles. The third-order valence-corrected chi connectivity index (χ3v) is 4.98. The van der Waals surface area contributed by atoms with Crippen LogP contribution in [0.15, 0.2) is 24.3 Å². The Morgan fingerprint density at radius 2 is 2.05 bits per heavy atom. The fourth-order valence-corrected chi connectivity index (χ4v) is 3.17. The quantitative estimate of drug-likeness (QED) is 0.918. The number of ether oxygens (including phenoxy) is 1. The first-order valence-corrected chi connectivity index (χ1v) is 8.18. The topological polar surface area (TPSA) is 64.1 Å². The van der Waals surface area contributed by atoms with E-state index < -0.39 is 0 Å². The molecule has 2 atom stereocenters. The van der Waals surface area contributed by atoms with Gasteiger partial charge < -0.3 is 10.1 Å². The zero-order valence-corrected chi connectivity index (χ0v) is 13.7. The van der Waals surface area contributed by atoms with Crippen LogP contribution in [0.1, 0.15) is 42.7 Å². The standard InChI is InChI=1S/C16H19N3O2S/c1-9(2)15-18-19-16(22-15)17-14(20)13-8-12(13)10-4-6-11(21-3)7-5-10/h4-7,9,12-13H,8H2,1-3H3,(H,17,19,20). The largest absolute Gasteiger partial charge is 0.497 e. The second kappa shape index (κ2) is 6.04. The van der Waals surface area contributed by atoms with Gasteiger partial charge in [0.25, 0.3) is 0 Å². The molecule has 1 aromatic carbocycles. The smallest absolute Gasteiger partial charge is 0.229 e. The summed E-state index contributed by atoms with van der Waals surface area (Å²) >= 11 is 1.45. The zero-order valence-electron chi connectivity index (χ0n) is 12.9. The molecule has 6 heteroatoms. The number of hydrogen-bond donors (Lipinski definition) is 1. The minimum atomic E-state index is 0.0276. The van der Waals surface area contributed by atoms with Crippen molar-refractivity contribution in [2.45, 2.75) is 32.1 Å². The minimum Gasteiger partial charge on any atom is -0.497 e. The Balaban J connectivity index is 1.59. The molecule has 1 aliphatic carbocycles. The summed E-state index contributed by atoms with van der Waals surface area (Å²) in [5.41, 5.74) is 1.18. The van der Waals surface area contributed by atoms with Gasteiger partial charge in [-0.3, -0.25) is 4.79 Å². The Bertz CT molecular complexity index is 666. The maximum atomic E-state index is 12.3. The van der Waals surface area contributed by atoms with Crippen molar-refractivity contribution in [3.05, 3.63) is 34.8 Å². The molecule has 1 amide bonds. The summed E-state index contributed by atoms with van der Waals surface area (Å²) in [6.07, 6.45) is 0.883. The van der Waals surface area contributed by atoms with E-state index in [0.717, 1.165) is 17.2 Å². The molecule has 5 nitrogen and oxygen atoms in total. The summed E-state index contributed by atoms with van der Waals surface area (Å²) in [6.45, 7) is 4.12. The van der Waals surface area contributed by atoms with Crippen molar-refractivity contribution in [1.82, 2.24) is 10.2 Å². The molecule has 2 unspecified atom stereocenters. The van der Waals surface area contributed by atoms with E-state index in [4.69, 9.17) is 4.74 Å². The van der Waals surface area contributed by atoms with Crippen LogP contribution in [0.5, 0.6) is 5.75 Å². The molecule has 1 aliphatic rings. The van der Waals surface area contributed by atoms with Crippen LogP contribution in [0, 0.1) is 5.92 Å². The molecular formula is C16H19N3O2S. The lowest BCUT2D eigenvalue weighted by molar-refractivity contribution is -0.117. The van der Waals surface area contributed by atoms with Gasteiger partial charge in [-0.2, -0.15) is 0 Å². The van der Waals surface area contributed by atoms with Gasteiger partial charge in [-0.1, -0.05) is 37.3 Å². The van der Waals surface area contributed by atoms with Crippen LogP contribution in [0.25, 0.3) is 0 Å². The highest BCUT2D eigenvalue weighted by Crippen LogP contribution is 2.48. The van der Waals surface area contributed by atoms with Crippen molar-refractivity contribution in [2.75, 3.05) is 12.4 Å². The molecule has 0 bridgehead atoms. The number of rotatable bonds is 5. The number of carbonyl (C=O) groups is 1. The molecule has 116 valence electrons. The lowest BCUT2D eigenvalue weighted by Crippen LogP contribution is -2.14. The second-order valence-corrected chi connectivity index (χ2v) is 6.82. The Hall–Kier alpha value is -1.95. The number of anilines is 1. The average molecular weight is 317 g/mol. The monoisotopic (exact) mass is 317 g/mol. The molecule has 1 heterocycles. The number of nitrogens with one attached hydrogen (secondary N) is 1. The summed E-state index contributed by atoms with van der Waals surface area (Å²) in [4.78, 5) is 12.3. The van der Waals surface area contributed by atoms with Crippen molar-refractivity contribution in [2.24, 2.45) is 5.92 Å². The minimum absolute atomic E-state index is 0.0276. The number of benzene rings is 1. The van der Waals surface area contributed by atoms with Crippen LogP contribution in [0.2, 0.25) is 0 Å². The van der Waals surface area contributed by atoms with Crippen LogP contribution < -0.4 is 10.1 Å². The van der Waals surface area contributed by atoms with Gasteiger partial charge in [0, 0.05) is 11.8 Å². The Morgan fingerprint density at radius 1 is 1.32 bits per heavy atom. The molecule has 1 saturated carbocycles. The molecule has 0 spiro atoms. The number of nitrogens with zero attached hydrogens (tertiary/aromatic N) is 2. The molecule has 0 saturated heterocycles. The first-order chi connectivity index (χ1) is 10.6. The van der Waals surface area contributed by atoms with Gasteiger partial charge in [0.05, 0.1) is 7.11 Å². The van der Waals surface area contributed by atoms with Crippen LogP contribution in [-0.2, 0) is 4.79 Å². The highest BCUT2D eigenvalue weighted by molar-refractivity contribution is 7.15. The summed E-state index contributed by atoms with van der Waals surface area (Å²) in [5.74, 6) is 1.52. The molecule has 22 heavy (non-hydrogen) atoms. The van der Waals surface area contributed by atoms with E-state index in [1.807, 2.05) is 24.3 Å². The number of aromatic nitrogens is 2. The third-order valence-electron chi connectivity index (χ3n) is 3.84. The lowest BCUT2D eigenvalue weighted by Gasteiger charge is -2.03. The van der Waals surface area contributed by atoms with Gasteiger partial charge in [0.15, 0.2) is 0 Å². The normalized spacial score (nSPS) is 20.0. The highest BCUT2D eigenvalue weighted by Gasteiger charge is 2.44. The van der Waals surface area contributed by atoms with Crippen molar-refractivity contribution >= 4 is 22.4 Å². The molecule has 1 fully saturated rings. The van der Waals surface area contributed by atoms with Gasteiger partial charge in [0.1, 0.15) is 10.8 Å². The fraction of sp³-hybridized carbons (Fsp3) is 0.438. The van der Waals surface area contributed by atoms with Crippen LogP contribution in [-0.4, -0.2) is 23.2 Å². The van der Waals surface area contributed by atoms with Crippen LogP contribution in [0.3, 0.4) is 0 Å². The predicted molar refractivity (Wildman–Crippen MR) is 86.5 cm³/mol. The van der Waals surface area contributed by atoms with Crippen molar-refractivity contribution < 1.29 is 9.53 Å². The lowest BCUT2D eigenvalue weighted by atomic mass is 10.1.